The van der Waals surface area contributed by atoms with E-state index in [4.69, 9.17) is 10.8 Å². The minimum absolute atomic E-state index is 0.00308. The van der Waals surface area contributed by atoms with Crippen LogP contribution in [-0.2, 0) is 0 Å². The van der Waals surface area contributed by atoms with Gasteiger partial charge < -0.3 is 15.7 Å². The van der Waals surface area contributed by atoms with Crippen LogP contribution < -0.4 is 10.6 Å². The van der Waals surface area contributed by atoms with Gasteiger partial charge in [-0.3, -0.25) is 0 Å². The Kier molecular flexibility index (Phi) is 4.07. The third kappa shape index (κ3) is 3.25. The van der Waals surface area contributed by atoms with Gasteiger partial charge in [0.05, 0.1) is 5.69 Å². The van der Waals surface area contributed by atoms with Crippen molar-refractivity contribution >= 4 is 17.7 Å². The van der Waals surface area contributed by atoms with Crippen LogP contribution in [0.5, 0.6) is 0 Å². The van der Waals surface area contributed by atoms with E-state index < -0.39 is 5.97 Å². The van der Waals surface area contributed by atoms with E-state index in [9.17, 15) is 4.79 Å². The maximum Gasteiger partial charge on any atom is 0.341 e. The van der Waals surface area contributed by atoms with Crippen molar-refractivity contribution in [3.63, 3.8) is 0 Å². The minimum atomic E-state index is -1.08. The van der Waals surface area contributed by atoms with E-state index in [2.05, 4.69) is 35.6 Å². The van der Waals surface area contributed by atoms with E-state index in [0.717, 1.165) is 25.9 Å². The third-order valence-electron chi connectivity index (χ3n) is 4.32. The SMILES string of the molecule is Cc1nc(N2CCC(C(C)(C)C)CC2)nc(N)c1C(=O)O. The van der Waals surface area contributed by atoms with Crippen molar-refractivity contribution in [1.29, 1.82) is 0 Å². The Balaban J connectivity index is 2.16. The summed E-state index contributed by atoms with van der Waals surface area (Å²) in [6.07, 6.45) is 2.18. The first-order valence-electron chi connectivity index (χ1n) is 7.32. The fourth-order valence-electron chi connectivity index (χ4n) is 2.93. The Morgan fingerprint density at radius 2 is 1.86 bits per heavy atom. The summed E-state index contributed by atoms with van der Waals surface area (Å²) in [7, 11) is 0. The number of aryl methyl sites for hydroxylation is 1. The molecule has 2 heterocycles. The second-order valence-electron chi connectivity index (χ2n) is 6.80. The predicted octanol–water partition coefficient (Wildman–Crippen LogP) is 2.33. The summed E-state index contributed by atoms with van der Waals surface area (Å²) in [6, 6.07) is 0. The lowest BCUT2D eigenvalue weighted by Crippen LogP contribution is -2.39. The number of nitrogens with zero attached hydrogens (tertiary/aromatic N) is 3. The van der Waals surface area contributed by atoms with Crippen LogP contribution >= 0.6 is 0 Å². The van der Waals surface area contributed by atoms with Gasteiger partial charge in [-0.05, 0) is 31.1 Å². The van der Waals surface area contributed by atoms with Gasteiger partial charge in [-0.25, -0.2) is 9.78 Å². The highest BCUT2D eigenvalue weighted by atomic mass is 16.4. The van der Waals surface area contributed by atoms with Gasteiger partial charge in [-0.15, -0.1) is 0 Å². The highest BCUT2D eigenvalue weighted by Crippen LogP contribution is 2.35. The van der Waals surface area contributed by atoms with Crippen LogP contribution in [0.1, 0.15) is 49.7 Å². The molecule has 0 amide bonds. The molecule has 0 saturated carbocycles. The quantitative estimate of drug-likeness (QED) is 0.869. The van der Waals surface area contributed by atoms with Crippen molar-refractivity contribution in [3.8, 4) is 0 Å². The number of rotatable bonds is 2. The maximum absolute atomic E-state index is 11.1. The monoisotopic (exact) mass is 292 g/mol. The van der Waals surface area contributed by atoms with Crippen molar-refractivity contribution < 1.29 is 9.90 Å². The normalized spacial score (nSPS) is 17.0. The number of carboxylic acid groups (broad SMARTS) is 1. The van der Waals surface area contributed by atoms with Crippen molar-refractivity contribution in [1.82, 2.24) is 9.97 Å². The van der Waals surface area contributed by atoms with Gasteiger partial charge in [0.1, 0.15) is 11.4 Å². The summed E-state index contributed by atoms with van der Waals surface area (Å²) in [4.78, 5) is 21.7. The molecular formula is C15H24N4O2. The molecule has 1 fully saturated rings. The van der Waals surface area contributed by atoms with Crippen molar-refractivity contribution in [2.45, 2.75) is 40.5 Å². The zero-order chi connectivity index (χ0) is 15.8. The molecule has 6 heteroatoms. The highest BCUT2D eigenvalue weighted by molar-refractivity contribution is 5.93. The van der Waals surface area contributed by atoms with Gasteiger partial charge in [0.2, 0.25) is 5.95 Å². The van der Waals surface area contributed by atoms with Gasteiger partial charge in [0, 0.05) is 13.1 Å². The van der Waals surface area contributed by atoms with E-state index in [-0.39, 0.29) is 11.4 Å². The van der Waals surface area contributed by atoms with Gasteiger partial charge in [0.25, 0.3) is 0 Å². The molecule has 0 radical (unpaired) electrons. The van der Waals surface area contributed by atoms with Crippen LogP contribution in [0.25, 0.3) is 0 Å². The standard InChI is InChI=1S/C15H24N4O2/c1-9-11(13(20)21)12(16)18-14(17-9)19-7-5-10(6-8-19)15(2,3)4/h10H,5-8H2,1-4H3,(H,20,21)(H2,16,17,18). The number of carbonyl (C=O) groups is 1. The van der Waals surface area contributed by atoms with Gasteiger partial charge >= 0.3 is 5.97 Å². The molecule has 21 heavy (non-hydrogen) atoms. The second kappa shape index (κ2) is 5.50. The molecule has 1 aromatic heterocycles. The fourth-order valence-corrected chi connectivity index (χ4v) is 2.93. The summed E-state index contributed by atoms with van der Waals surface area (Å²) in [5, 5.41) is 9.10. The summed E-state index contributed by atoms with van der Waals surface area (Å²) in [5.74, 6) is 0.193. The first kappa shape index (κ1) is 15.5. The Morgan fingerprint density at radius 1 is 1.29 bits per heavy atom. The number of aromatic nitrogens is 2. The number of hydrogen-bond donors (Lipinski definition) is 2. The van der Waals surface area contributed by atoms with E-state index in [1.165, 1.54) is 0 Å². The topological polar surface area (TPSA) is 92.3 Å². The maximum atomic E-state index is 11.1. The van der Waals surface area contributed by atoms with Crippen LogP contribution in [0.4, 0.5) is 11.8 Å². The van der Waals surface area contributed by atoms with Crippen molar-refractivity contribution in [2.24, 2.45) is 11.3 Å². The molecule has 0 aromatic carbocycles. The Hall–Kier alpha value is -1.85. The summed E-state index contributed by atoms with van der Waals surface area (Å²) in [5.41, 5.74) is 6.50. The van der Waals surface area contributed by atoms with E-state index >= 15 is 0 Å². The summed E-state index contributed by atoms with van der Waals surface area (Å²) < 4.78 is 0. The number of piperidine rings is 1. The van der Waals surface area contributed by atoms with Crippen LogP contribution in [0.15, 0.2) is 0 Å². The predicted molar refractivity (Wildman–Crippen MR) is 82.5 cm³/mol. The largest absolute Gasteiger partial charge is 0.477 e. The summed E-state index contributed by atoms with van der Waals surface area (Å²) >= 11 is 0. The molecule has 0 aliphatic carbocycles. The molecule has 0 atom stereocenters. The smallest absolute Gasteiger partial charge is 0.341 e. The lowest BCUT2D eigenvalue weighted by atomic mass is 9.75. The van der Waals surface area contributed by atoms with Crippen LogP contribution in [0.2, 0.25) is 0 Å². The molecular weight excluding hydrogens is 268 g/mol. The molecule has 1 saturated heterocycles. The molecule has 1 aromatic rings. The minimum Gasteiger partial charge on any atom is -0.477 e. The Labute approximate surface area is 125 Å². The average molecular weight is 292 g/mol. The first-order chi connectivity index (χ1) is 9.70. The number of nitrogen functional groups attached to an aromatic ring is 1. The van der Waals surface area contributed by atoms with Gasteiger partial charge in [0.15, 0.2) is 0 Å². The lowest BCUT2D eigenvalue weighted by Gasteiger charge is -2.38. The molecule has 6 nitrogen and oxygen atoms in total. The number of nitrogens with two attached hydrogens (primary N) is 1. The number of aromatic carboxylic acids is 1. The molecule has 0 bridgehead atoms. The van der Waals surface area contributed by atoms with Gasteiger partial charge in [-0.1, -0.05) is 20.8 Å². The summed E-state index contributed by atoms with van der Waals surface area (Å²) in [6.45, 7) is 10.2. The van der Waals surface area contributed by atoms with E-state index in [1.807, 2.05) is 0 Å². The van der Waals surface area contributed by atoms with Crippen LogP contribution in [-0.4, -0.2) is 34.1 Å². The van der Waals surface area contributed by atoms with Crippen LogP contribution in [0.3, 0.4) is 0 Å². The van der Waals surface area contributed by atoms with E-state index in [1.54, 1.807) is 6.92 Å². The molecule has 1 aliphatic heterocycles. The zero-order valence-electron chi connectivity index (χ0n) is 13.2. The molecule has 0 spiro atoms. The van der Waals surface area contributed by atoms with Crippen molar-refractivity contribution in [2.75, 3.05) is 23.7 Å². The second-order valence-corrected chi connectivity index (χ2v) is 6.80. The Morgan fingerprint density at radius 3 is 2.29 bits per heavy atom. The first-order valence-corrected chi connectivity index (χ1v) is 7.32. The number of carboxylic acids is 1. The highest BCUT2D eigenvalue weighted by Gasteiger charge is 2.30. The molecule has 116 valence electrons. The van der Waals surface area contributed by atoms with Crippen molar-refractivity contribution in [3.05, 3.63) is 11.3 Å². The lowest BCUT2D eigenvalue weighted by molar-refractivity contribution is 0.0696. The average Bonchev–Trinajstić information content (AvgIpc) is 2.36. The third-order valence-corrected chi connectivity index (χ3v) is 4.32. The Bertz CT molecular complexity index is 520. The number of hydrogen-bond acceptors (Lipinski definition) is 5. The molecule has 0 unspecified atom stereocenters. The fraction of sp³-hybridized carbons (Fsp3) is 0.667. The van der Waals surface area contributed by atoms with E-state index in [0.29, 0.717) is 23.0 Å². The number of anilines is 2. The molecule has 2 rings (SSSR count). The van der Waals surface area contributed by atoms with Gasteiger partial charge in [-0.2, -0.15) is 4.98 Å². The van der Waals surface area contributed by atoms with Crippen LogP contribution in [0, 0.1) is 18.3 Å². The molecule has 1 aliphatic rings. The molecule has 3 N–H and O–H groups in total. The zero-order valence-corrected chi connectivity index (χ0v) is 13.2.